The van der Waals surface area contributed by atoms with Gasteiger partial charge in [-0.05, 0) is 55.7 Å². The maximum absolute atomic E-state index is 12.5. The van der Waals surface area contributed by atoms with E-state index >= 15 is 0 Å². The maximum Gasteiger partial charge on any atom is 0.274 e. The topological polar surface area (TPSA) is 57.3 Å². The number of nitrogens with one attached hydrogen (secondary N) is 2. The Kier molecular flexibility index (Phi) is 6.47. The lowest BCUT2D eigenvalue weighted by atomic mass is 10.2. The fraction of sp³-hybridized carbons (Fsp3) is 0.429. The van der Waals surface area contributed by atoms with Crippen LogP contribution in [0.15, 0.2) is 42.6 Å². The minimum Gasteiger partial charge on any atom is -0.385 e. The molecule has 1 aromatic carbocycles. The monoisotopic (exact) mass is 352 g/mol. The van der Waals surface area contributed by atoms with Gasteiger partial charge in [0.1, 0.15) is 5.69 Å². The number of pyridine rings is 1. The number of amides is 1. The molecule has 1 fully saturated rings. The smallest absolute Gasteiger partial charge is 0.274 e. The first-order valence-corrected chi connectivity index (χ1v) is 9.62. The molecule has 0 aliphatic carbocycles. The lowest BCUT2D eigenvalue weighted by Crippen LogP contribution is -2.17. The van der Waals surface area contributed by atoms with E-state index in [0.717, 1.165) is 37.4 Å². The van der Waals surface area contributed by atoms with E-state index in [1.54, 1.807) is 12.3 Å². The van der Waals surface area contributed by atoms with Gasteiger partial charge >= 0.3 is 0 Å². The van der Waals surface area contributed by atoms with Crippen molar-refractivity contribution in [3.63, 3.8) is 0 Å². The van der Waals surface area contributed by atoms with E-state index in [1.807, 2.05) is 18.2 Å². The lowest BCUT2D eigenvalue weighted by Gasteiger charge is -2.17. The summed E-state index contributed by atoms with van der Waals surface area (Å²) < 4.78 is 0. The number of rotatable bonds is 8. The van der Waals surface area contributed by atoms with E-state index in [2.05, 4.69) is 39.6 Å². The van der Waals surface area contributed by atoms with Crippen LogP contribution in [0.25, 0.3) is 0 Å². The van der Waals surface area contributed by atoms with Crippen molar-refractivity contribution >= 4 is 23.0 Å². The second kappa shape index (κ2) is 9.22. The summed E-state index contributed by atoms with van der Waals surface area (Å²) in [4.78, 5) is 19.0. The Morgan fingerprint density at radius 1 is 1.08 bits per heavy atom. The van der Waals surface area contributed by atoms with Crippen LogP contribution < -0.4 is 15.5 Å². The molecule has 26 heavy (non-hydrogen) atoms. The van der Waals surface area contributed by atoms with E-state index in [0.29, 0.717) is 5.69 Å². The van der Waals surface area contributed by atoms with Crippen molar-refractivity contribution in [1.82, 2.24) is 4.98 Å². The summed E-state index contributed by atoms with van der Waals surface area (Å²) in [6, 6.07) is 11.8. The molecule has 1 amide bonds. The third kappa shape index (κ3) is 4.97. The van der Waals surface area contributed by atoms with Gasteiger partial charge in [-0.15, -0.1) is 0 Å². The van der Waals surface area contributed by atoms with E-state index in [-0.39, 0.29) is 5.91 Å². The summed E-state index contributed by atoms with van der Waals surface area (Å²) in [7, 11) is 0. The minimum atomic E-state index is -0.184. The Bertz CT molecular complexity index is 708. The molecule has 1 saturated heterocycles. The van der Waals surface area contributed by atoms with Crippen LogP contribution in [0.1, 0.15) is 49.5 Å². The van der Waals surface area contributed by atoms with Gasteiger partial charge in [0.2, 0.25) is 0 Å². The number of aromatic nitrogens is 1. The van der Waals surface area contributed by atoms with Crippen LogP contribution in [0.4, 0.5) is 17.1 Å². The van der Waals surface area contributed by atoms with Crippen LogP contribution in [0.5, 0.6) is 0 Å². The van der Waals surface area contributed by atoms with Crippen LogP contribution in [-0.4, -0.2) is 30.5 Å². The molecule has 138 valence electrons. The van der Waals surface area contributed by atoms with Gasteiger partial charge in [-0.1, -0.05) is 19.8 Å². The molecule has 2 heterocycles. The number of carbonyl (C=O) groups excluding carboxylic acids is 1. The second-order valence-electron chi connectivity index (χ2n) is 6.76. The van der Waals surface area contributed by atoms with Crippen molar-refractivity contribution in [3.05, 3.63) is 48.3 Å². The SMILES string of the molecule is CCCCCNc1ccnc(C(=O)Nc2ccc(N3CCCC3)cc2)c1. The molecule has 2 N–H and O–H groups in total. The van der Waals surface area contributed by atoms with E-state index in [9.17, 15) is 4.79 Å². The molecule has 0 atom stereocenters. The number of hydrogen-bond acceptors (Lipinski definition) is 4. The maximum atomic E-state index is 12.5. The second-order valence-corrected chi connectivity index (χ2v) is 6.76. The zero-order chi connectivity index (χ0) is 18.2. The van der Waals surface area contributed by atoms with Crippen molar-refractivity contribution < 1.29 is 4.79 Å². The molecule has 1 aliphatic rings. The first kappa shape index (κ1) is 18.2. The normalized spacial score (nSPS) is 13.7. The molecule has 2 aromatic rings. The van der Waals surface area contributed by atoms with Gasteiger partial charge in [-0.3, -0.25) is 9.78 Å². The van der Waals surface area contributed by atoms with E-state index in [1.165, 1.54) is 31.4 Å². The largest absolute Gasteiger partial charge is 0.385 e. The van der Waals surface area contributed by atoms with Crippen LogP contribution in [0.3, 0.4) is 0 Å². The van der Waals surface area contributed by atoms with Gasteiger partial charge in [-0.2, -0.15) is 0 Å². The van der Waals surface area contributed by atoms with Crippen molar-refractivity contribution in [3.8, 4) is 0 Å². The molecule has 0 unspecified atom stereocenters. The third-order valence-electron chi connectivity index (χ3n) is 4.70. The van der Waals surface area contributed by atoms with Gasteiger partial charge in [0.25, 0.3) is 5.91 Å². The fourth-order valence-electron chi connectivity index (χ4n) is 3.20. The average molecular weight is 352 g/mol. The van der Waals surface area contributed by atoms with Crippen molar-refractivity contribution in [1.29, 1.82) is 0 Å². The Hall–Kier alpha value is -2.56. The van der Waals surface area contributed by atoms with Crippen LogP contribution in [0, 0.1) is 0 Å². The molecule has 0 saturated carbocycles. The standard InChI is InChI=1S/C21H28N4O/c1-2-3-4-12-22-18-11-13-23-20(16-18)21(26)24-17-7-9-19(10-8-17)25-14-5-6-15-25/h7-11,13,16H,2-6,12,14-15H2,1H3,(H,22,23)(H,24,26). The Balaban J connectivity index is 1.57. The Morgan fingerprint density at radius 3 is 2.58 bits per heavy atom. The molecular weight excluding hydrogens is 324 g/mol. The fourth-order valence-corrected chi connectivity index (χ4v) is 3.20. The summed E-state index contributed by atoms with van der Waals surface area (Å²) in [6.07, 6.45) is 7.72. The average Bonchev–Trinajstić information content (AvgIpc) is 3.21. The summed E-state index contributed by atoms with van der Waals surface area (Å²) >= 11 is 0. The molecule has 5 heteroatoms. The number of unbranched alkanes of at least 4 members (excludes halogenated alkanes) is 2. The summed E-state index contributed by atoms with van der Waals surface area (Å²) in [5.41, 5.74) is 3.37. The highest BCUT2D eigenvalue weighted by Gasteiger charge is 2.13. The van der Waals surface area contributed by atoms with Crippen LogP contribution in [0.2, 0.25) is 0 Å². The third-order valence-corrected chi connectivity index (χ3v) is 4.70. The molecule has 0 spiro atoms. The number of hydrogen-bond donors (Lipinski definition) is 2. The lowest BCUT2D eigenvalue weighted by molar-refractivity contribution is 0.102. The number of benzene rings is 1. The van der Waals surface area contributed by atoms with Gasteiger partial charge in [0, 0.05) is 42.9 Å². The van der Waals surface area contributed by atoms with Crippen molar-refractivity contribution in [2.45, 2.75) is 39.0 Å². The zero-order valence-corrected chi connectivity index (χ0v) is 15.5. The van der Waals surface area contributed by atoms with Gasteiger partial charge in [-0.25, -0.2) is 0 Å². The molecule has 3 rings (SSSR count). The molecule has 0 bridgehead atoms. The summed E-state index contributed by atoms with van der Waals surface area (Å²) in [6.45, 7) is 5.34. The first-order valence-electron chi connectivity index (χ1n) is 9.62. The van der Waals surface area contributed by atoms with Gasteiger partial charge in [0.15, 0.2) is 0 Å². The van der Waals surface area contributed by atoms with Gasteiger partial charge in [0.05, 0.1) is 0 Å². The van der Waals surface area contributed by atoms with Crippen molar-refractivity contribution in [2.75, 3.05) is 35.2 Å². The highest BCUT2D eigenvalue weighted by atomic mass is 16.1. The predicted octanol–water partition coefficient (Wildman–Crippen LogP) is 4.54. The number of carbonyl (C=O) groups is 1. The quantitative estimate of drug-likeness (QED) is 0.685. The zero-order valence-electron chi connectivity index (χ0n) is 15.5. The Morgan fingerprint density at radius 2 is 1.85 bits per heavy atom. The summed E-state index contributed by atoms with van der Waals surface area (Å²) in [5, 5.41) is 6.28. The Labute approximate surface area is 155 Å². The molecule has 0 radical (unpaired) electrons. The summed E-state index contributed by atoms with van der Waals surface area (Å²) in [5.74, 6) is -0.184. The molecule has 1 aromatic heterocycles. The molecule has 5 nitrogen and oxygen atoms in total. The van der Waals surface area contributed by atoms with Crippen LogP contribution in [-0.2, 0) is 0 Å². The van der Waals surface area contributed by atoms with Crippen molar-refractivity contribution in [2.24, 2.45) is 0 Å². The van der Waals surface area contributed by atoms with E-state index < -0.39 is 0 Å². The van der Waals surface area contributed by atoms with Crippen LogP contribution >= 0.6 is 0 Å². The number of nitrogens with zero attached hydrogens (tertiary/aromatic N) is 2. The highest BCUT2D eigenvalue weighted by Crippen LogP contribution is 2.22. The minimum absolute atomic E-state index is 0.184. The number of anilines is 3. The molecular formula is C21H28N4O. The van der Waals surface area contributed by atoms with Gasteiger partial charge < -0.3 is 15.5 Å². The predicted molar refractivity (Wildman–Crippen MR) is 108 cm³/mol. The van der Waals surface area contributed by atoms with E-state index in [4.69, 9.17) is 0 Å². The molecule has 1 aliphatic heterocycles. The first-order chi connectivity index (χ1) is 12.8. The highest BCUT2D eigenvalue weighted by molar-refractivity contribution is 6.03.